The number of fused-ring (bicyclic) bond motifs is 7. The van der Waals surface area contributed by atoms with Crippen LogP contribution in [-0.4, -0.2) is 44.9 Å². The van der Waals surface area contributed by atoms with Gasteiger partial charge in [-0.1, -0.05) is 77.2 Å². The van der Waals surface area contributed by atoms with Gasteiger partial charge in [-0.3, -0.25) is 19.4 Å². The predicted octanol–water partition coefficient (Wildman–Crippen LogP) is 6.32. The van der Waals surface area contributed by atoms with Crippen molar-refractivity contribution in [2.24, 2.45) is 4.99 Å². The zero-order chi connectivity index (χ0) is 32.8. The summed E-state index contributed by atoms with van der Waals surface area (Å²) in [7, 11) is 0. The fourth-order valence-corrected chi connectivity index (χ4v) is 7.58. The van der Waals surface area contributed by atoms with E-state index in [1.165, 1.54) is 62.5 Å². The standard InChI is InChI=1S/C39H48N4O4/c1-2-3-4-5-6-7-8-9-10-11-12-13-35(45)37-34-19-18-33(43-34)30(24-44)32-17-16-31(42-32)29-15-14-25-20-27(40-38(25)29)23-28-21-26(22-36(46)47)39(37)41-28/h18-21,23-24,27,41-43H,2-17,22H2,1H3,(H,46,47). The van der Waals surface area contributed by atoms with E-state index < -0.39 is 5.97 Å². The molecule has 4 N–H and O–H groups in total. The van der Waals surface area contributed by atoms with Crippen LogP contribution >= 0.6 is 0 Å². The smallest absolute Gasteiger partial charge is 0.307 e. The molecule has 3 aliphatic heterocycles. The van der Waals surface area contributed by atoms with Crippen LogP contribution in [0.4, 0.5) is 0 Å². The minimum Gasteiger partial charge on any atom is -0.481 e. The van der Waals surface area contributed by atoms with Crippen molar-refractivity contribution in [2.75, 3.05) is 0 Å². The first-order valence-electron chi connectivity index (χ1n) is 17.8. The van der Waals surface area contributed by atoms with Crippen molar-refractivity contribution in [1.29, 1.82) is 0 Å². The van der Waals surface area contributed by atoms with Crippen LogP contribution in [0.15, 0.2) is 51.8 Å². The first kappa shape index (κ1) is 32.7. The summed E-state index contributed by atoms with van der Waals surface area (Å²) in [4.78, 5) is 50.4. The number of ketones is 1. The number of aliphatic imine (C=N–C) groups is 1. The summed E-state index contributed by atoms with van der Waals surface area (Å²) < 4.78 is 0. The topological polar surface area (TPSA) is 127 Å². The number of hydrogen-bond donors (Lipinski definition) is 4. The second-order valence-electron chi connectivity index (χ2n) is 13.5. The van der Waals surface area contributed by atoms with Crippen molar-refractivity contribution in [2.45, 2.75) is 122 Å². The Morgan fingerprint density at radius 1 is 0.872 bits per heavy atom. The van der Waals surface area contributed by atoms with Gasteiger partial charge in [0, 0.05) is 23.2 Å². The highest BCUT2D eigenvalue weighted by atomic mass is 16.4. The lowest BCUT2D eigenvalue weighted by Gasteiger charge is -2.09. The van der Waals surface area contributed by atoms with Crippen molar-refractivity contribution in [1.82, 2.24) is 15.3 Å². The molecule has 0 radical (unpaired) electrons. The molecule has 248 valence electrons. The molecule has 1 saturated heterocycles. The molecular weight excluding hydrogens is 588 g/mol. The molecule has 1 aliphatic carbocycles. The maximum atomic E-state index is 14.1. The number of carboxylic acids is 1. The Morgan fingerprint density at radius 2 is 1.57 bits per heavy atom. The molecule has 1 atom stereocenters. The molecule has 8 bridgehead atoms. The molecule has 1 saturated carbocycles. The second kappa shape index (κ2) is 15.1. The molecule has 0 amide bonds. The van der Waals surface area contributed by atoms with Gasteiger partial charge in [0.25, 0.3) is 0 Å². The fraction of sp³-hybridized carbons (Fsp3) is 0.487. The Bertz CT molecular complexity index is 1780. The number of carbonyl (C=O) groups excluding carboxylic acids is 2. The van der Waals surface area contributed by atoms with Gasteiger partial charge in [-0.2, -0.15) is 0 Å². The number of unbranched alkanes of at least 4 members (excludes halogenated alkanes) is 10. The monoisotopic (exact) mass is 636 g/mol. The second-order valence-corrected chi connectivity index (χ2v) is 13.5. The van der Waals surface area contributed by atoms with Crippen molar-refractivity contribution in [3.8, 4) is 0 Å². The van der Waals surface area contributed by atoms with Gasteiger partial charge < -0.3 is 20.4 Å². The van der Waals surface area contributed by atoms with Gasteiger partial charge in [-0.15, -0.1) is 0 Å². The summed E-state index contributed by atoms with van der Waals surface area (Å²) in [6, 6.07) is 5.35. The largest absolute Gasteiger partial charge is 0.481 e. The van der Waals surface area contributed by atoms with Crippen LogP contribution in [0.5, 0.6) is 0 Å². The van der Waals surface area contributed by atoms with Gasteiger partial charge in [-0.25, -0.2) is 0 Å². The summed E-state index contributed by atoms with van der Waals surface area (Å²) in [6.07, 6.45) is 21.8. The number of allylic oxidation sites excluding steroid dienone is 5. The maximum absolute atomic E-state index is 14.1. The quantitative estimate of drug-likeness (QED) is 0.127. The lowest BCUT2D eigenvalue weighted by Crippen LogP contribution is -2.23. The average Bonchev–Trinajstić information content (AvgIpc) is 3.87. The van der Waals surface area contributed by atoms with Crippen molar-refractivity contribution in [3.63, 3.8) is 0 Å². The summed E-state index contributed by atoms with van der Waals surface area (Å²) in [5.41, 5.74) is 8.23. The number of carboxylic acid groups (broad SMARTS) is 1. The highest BCUT2D eigenvalue weighted by Gasteiger charge is 2.32. The Kier molecular flexibility index (Phi) is 10.5. The number of nitrogens with one attached hydrogen (secondary N) is 3. The van der Waals surface area contributed by atoms with Gasteiger partial charge in [-0.05, 0) is 73.1 Å². The molecule has 2 aromatic heterocycles. The number of aliphatic carboxylic acids is 1. The molecule has 6 rings (SSSR count). The van der Waals surface area contributed by atoms with E-state index >= 15 is 0 Å². The normalized spacial score (nSPS) is 18.3. The minimum absolute atomic E-state index is 0.0394. The number of aromatic amines is 2. The number of aldehydes is 1. The molecule has 8 heteroatoms. The van der Waals surface area contributed by atoms with E-state index in [9.17, 15) is 19.5 Å². The minimum atomic E-state index is -0.962. The number of H-pyrrole nitrogens is 2. The van der Waals surface area contributed by atoms with E-state index in [0.717, 1.165) is 73.7 Å². The van der Waals surface area contributed by atoms with E-state index in [0.29, 0.717) is 39.9 Å². The number of aromatic nitrogens is 2. The number of carbonyl (C=O) groups is 3. The van der Waals surface area contributed by atoms with Crippen molar-refractivity contribution < 1.29 is 19.5 Å². The van der Waals surface area contributed by atoms with Crippen LogP contribution < -0.4 is 16.0 Å². The summed E-state index contributed by atoms with van der Waals surface area (Å²) in [6.45, 7) is 2.24. The lowest BCUT2D eigenvalue weighted by molar-refractivity contribution is -0.136. The number of hydrogen-bond acceptors (Lipinski definition) is 5. The summed E-state index contributed by atoms with van der Waals surface area (Å²) >= 11 is 0. The number of Topliss-reactive ketones (excluding diaryl/α,β-unsaturated/α-hetero) is 1. The predicted molar refractivity (Wildman–Crippen MR) is 186 cm³/mol. The molecule has 4 aliphatic rings. The van der Waals surface area contributed by atoms with Crippen LogP contribution in [0, 0.1) is 0 Å². The highest BCUT2D eigenvalue weighted by Crippen LogP contribution is 2.38. The molecule has 2 fully saturated rings. The molecule has 0 spiro atoms. The zero-order valence-corrected chi connectivity index (χ0v) is 27.7. The molecule has 2 aromatic rings. The van der Waals surface area contributed by atoms with Crippen molar-refractivity contribution in [3.05, 3.63) is 74.5 Å². The molecule has 47 heavy (non-hydrogen) atoms. The first-order chi connectivity index (χ1) is 22.9. The van der Waals surface area contributed by atoms with Gasteiger partial charge in [0.2, 0.25) is 0 Å². The van der Waals surface area contributed by atoms with E-state index in [4.69, 9.17) is 4.99 Å². The molecule has 0 aromatic carbocycles. The highest BCUT2D eigenvalue weighted by molar-refractivity contribution is 6.20. The van der Waals surface area contributed by atoms with Gasteiger partial charge >= 0.3 is 5.97 Å². The molecule has 5 heterocycles. The molecule has 1 unspecified atom stereocenters. The molecular formula is C39H48N4O4. The number of nitrogens with zero attached hydrogens (tertiary/aromatic N) is 1. The third-order valence-electron chi connectivity index (χ3n) is 10.0. The van der Waals surface area contributed by atoms with Gasteiger partial charge in [0.1, 0.15) is 0 Å². The van der Waals surface area contributed by atoms with E-state index in [2.05, 4.69) is 28.3 Å². The fourth-order valence-electron chi connectivity index (χ4n) is 7.58. The number of rotatable bonds is 16. The Balaban J connectivity index is 1.31. The first-order valence-corrected chi connectivity index (χ1v) is 17.8. The maximum Gasteiger partial charge on any atom is 0.307 e. The Morgan fingerprint density at radius 3 is 2.30 bits per heavy atom. The lowest BCUT2D eigenvalue weighted by atomic mass is 9.99. The van der Waals surface area contributed by atoms with Crippen LogP contribution in [-0.2, 0) is 20.8 Å². The van der Waals surface area contributed by atoms with E-state index in [1.807, 2.05) is 24.3 Å². The average molecular weight is 637 g/mol. The van der Waals surface area contributed by atoms with Crippen LogP contribution in [0.1, 0.15) is 127 Å². The zero-order valence-electron chi connectivity index (χ0n) is 27.7. The SMILES string of the molecule is CCCCCCCCCCCCCC(=O)C1=c2[nH]c(cc2CC(=O)O)=CC2C=C3CCC(=C4CCC(=C(C=O)c5ccc1[nH]5)N4)C3=N2. The molecule has 8 nitrogen and oxygen atoms in total. The Hall–Kier alpha value is -4.20. The van der Waals surface area contributed by atoms with Gasteiger partial charge in [0.05, 0.1) is 46.1 Å². The van der Waals surface area contributed by atoms with Crippen LogP contribution in [0.3, 0.4) is 0 Å². The van der Waals surface area contributed by atoms with Crippen molar-refractivity contribution >= 4 is 41.0 Å². The van der Waals surface area contributed by atoms with E-state index in [-0.39, 0.29) is 18.2 Å². The Labute approximate surface area is 276 Å². The van der Waals surface area contributed by atoms with Crippen LogP contribution in [0.25, 0.3) is 17.2 Å². The van der Waals surface area contributed by atoms with E-state index in [1.54, 1.807) is 0 Å². The van der Waals surface area contributed by atoms with Crippen LogP contribution in [0.2, 0.25) is 0 Å². The third-order valence-corrected chi connectivity index (χ3v) is 10.0. The summed E-state index contributed by atoms with van der Waals surface area (Å²) in [5, 5.41) is 14.6. The van der Waals surface area contributed by atoms with Gasteiger partial charge in [0.15, 0.2) is 12.1 Å². The third kappa shape index (κ3) is 7.53. The summed E-state index contributed by atoms with van der Waals surface area (Å²) in [5.74, 6) is -1.00.